The summed E-state index contributed by atoms with van der Waals surface area (Å²) in [6, 6.07) is 14.8. The summed E-state index contributed by atoms with van der Waals surface area (Å²) < 4.78 is 19.9. The van der Waals surface area contributed by atoms with Crippen LogP contribution in [0.25, 0.3) is 0 Å². The minimum Gasteiger partial charge on any atom is -0.493 e. The number of aryl methyl sites for hydroxylation is 3. The Balaban J connectivity index is 1.34. The number of nitrogens with one attached hydrogen (secondary N) is 1. The number of methoxy groups -OCH3 is 1. The largest absolute Gasteiger partial charge is 0.493 e. The normalized spacial score (nSPS) is 19.9. The molecule has 6 rings (SSSR count). The molecule has 1 N–H and O–H groups in total. The Kier molecular flexibility index (Phi) is 9.61. The molecule has 0 unspecified atom stereocenters. The van der Waals surface area contributed by atoms with Gasteiger partial charge in [-0.1, -0.05) is 18.2 Å². The van der Waals surface area contributed by atoms with Gasteiger partial charge in [0.2, 0.25) is 17.7 Å². The van der Waals surface area contributed by atoms with E-state index >= 15 is 0 Å². The summed E-state index contributed by atoms with van der Waals surface area (Å²) in [5, 5.41) is 7.25. The summed E-state index contributed by atoms with van der Waals surface area (Å²) in [6.45, 7) is 1.06. The van der Waals surface area contributed by atoms with Crippen LogP contribution in [0, 0.1) is 0 Å². The molecule has 0 saturated carbocycles. The molecule has 3 aliphatic rings. The molecule has 1 saturated heterocycles. The number of ether oxygens (including phenoxy) is 3. The number of piperidine rings is 1. The minimum absolute atomic E-state index is 0.0330. The van der Waals surface area contributed by atoms with E-state index in [9.17, 15) is 14.4 Å². The Morgan fingerprint density at radius 1 is 1.09 bits per heavy atom. The number of nitrogens with zero attached hydrogens (tertiary/aromatic N) is 4. The average Bonchev–Trinajstić information content (AvgIpc) is 3.42. The summed E-state index contributed by atoms with van der Waals surface area (Å²) in [6.07, 6.45) is 3.54. The maximum absolute atomic E-state index is 13.2. The molecule has 3 aliphatic heterocycles. The zero-order valence-corrected chi connectivity index (χ0v) is 25.0. The van der Waals surface area contributed by atoms with Gasteiger partial charge in [0.25, 0.3) is 0 Å². The summed E-state index contributed by atoms with van der Waals surface area (Å²) in [4.78, 5) is 42.3. The topological polar surface area (TPSA) is 115 Å². The number of hydrogen-bond donors (Lipinski definition) is 1. The number of amides is 3. The quantitative estimate of drug-likeness (QED) is 0.498. The molecule has 4 bridgehead atoms. The molecule has 0 aliphatic carbocycles. The van der Waals surface area contributed by atoms with Crippen molar-refractivity contribution in [1.29, 1.82) is 0 Å². The highest BCUT2D eigenvalue weighted by Crippen LogP contribution is 2.33. The fourth-order valence-corrected chi connectivity index (χ4v) is 5.50. The highest BCUT2D eigenvalue weighted by atomic mass is 16.5. The van der Waals surface area contributed by atoms with E-state index in [0.29, 0.717) is 56.0 Å². The third-order valence-corrected chi connectivity index (χ3v) is 8.03. The van der Waals surface area contributed by atoms with E-state index in [-0.39, 0.29) is 43.3 Å². The molecule has 2 atom stereocenters. The number of hydrogen-bond acceptors (Lipinski definition) is 7. The van der Waals surface area contributed by atoms with Crippen LogP contribution in [0.1, 0.15) is 36.1 Å². The highest BCUT2D eigenvalue weighted by molar-refractivity contribution is 5.85. The molecule has 0 radical (unpaired) electrons. The molecule has 1 fully saturated rings. The molecular weight excluding hydrogens is 550 g/mol. The van der Waals surface area contributed by atoms with Crippen LogP contribution in [0.2, 0.25) is 0 Å². The number of fused-ring (bicyclic) bond motifs is 9. The van der Waals surface area contributed by atoms with Gasteiger partial charge in [-0.25, -0.2) is 0 Å². The second kappa shape index (κ2) is 13.7. The standard InChI is InChI=1S/C32H39N5O6/c1-35-20-30(38)34-26-14-16-37(32(40)12-9-24-13-15-33-36(24)2)19-29(26)42-21-23-5-4-6-25(17-23)43-27-10-7-22(8-11-31(35)39)18-28(27)41-3/h4-7,10,13,15,17-18,26,29H,8-9,11-12,14,16,19-21H2,1-3H3,(H,34,38)/t26-,29-/m0/s1. The molecule has 228 valence electrons. The number of carbonyl (C=O) groups excluding carboxylic acids is 3. The van der Waals surface area contributed by atoms with Gasteiger partial charge in [-0.15, -0.1) is 0 Å². The van der Waals surface area contributed by atoms with Gasteiger partial charge in [0.15, 0.2) is 11.5 Å². The lowest BCUT2D eigenvalue weighted by atomic mass is 10.0. The van der Waals surface area contributed by atoms with Crippen LogP contribution in [-0.2, 0) is 45.6 Å². The van der Waals surface area contributed by atoms with E-state index in [4.69, 9.17) is 14.2 Å². The Bertz CT molecular complexity index is 1460. The van der Waals surface area contributed by atoms with Gasteiger partial charge in [-0.05, 0) is 60.7 Å². The third kappa shape index (κ3) is 7.72. The summed E-state index contributed by atoms with van der Waals surface area (Å²) in [7, 11) is 5.07. The summed E-state index contributed by atoms with van der Waals surface area (Å²) >= 11 is 0. The summed E-state index contributed by atoms with van der Waals surface area (Å²) in [5.41, 5.74) is 2.81. The molecular formula is C32H39N5O6. The van der Waals surface area contributed by atoms with Crippen LogP contribution >= 0.6 is 0 Å². The van der Waals surface area contributed by atoms with Crippen molar-refractivity contribution in [3.05, 3.63) is 71.5 Å². The predicted octanol–water partition coefficient (Wildman–Crippen LogP) is 2.86. The van der Waals surface area contributed by atoms with Crippen molar-refractivity contribution in [3.8, 4) is 17.2 Å². The third-order valence-electron chi connectivity index (χ3n) is 8.03. The van der Waals surface area contributed by atoms with Crippen molar-refractivity contribution < 1.29 is 28.6 Å². The van der Waals surface area contributed by atoms with Crippen molar-refractivity contribution in [3.63, 3.8) is 0 Å². The number of likely N-dealkylation sites (N-methyl/N-ethyl adjacent to an activating group) is 1. The Hall–Kier alpha value is -4.38. The summed E-state index contributed by atoms with van der Waals surface area (Å²) in [5.74, 6) is 1.39. The second-order valence-electron chi connectivity index (χ2n) is 11.1. The van der Waals surface area contributed by atoms with Gasteiger partial charge in [0.05, 0.1) is 32.4 Å². The fourth-order valence-electron chi connectivity index (χ4n) is 5.50. The van der Waals surface area contributed by atoms with Gasteiger partial charge in [-0.3, -0.25) is 19.1 Å². The molecule has 3 amide bonds. The van der Waals surface area contributed by atoms with Crippen molar-refractivity contribution in [2.75, 3.05) is 33.8 Å². The molecule has 11 nitrogen and oxygen atoms in total. The first-order chi connectivity index (χ1) is 20.8. The fraction of sp³-hybridized carbons (Fsp3) is 0.438. The zero-order valence-electron chi connectivity index (χ0n) is 25.0. The lowest BCUT2D eigenvalue weighted by Crippen LogP contribution is -2.57. The van der Waals surface area contributed by atoms with Crippen LogP contribution in [0.15, 0.2) is 54.7 Å². The molecule has 1 aromatic heterocycles. The Morgan fingerprint density at radius 2 is 1.95 bits per heavy atom. The van der Waals surface area contributed by atoms with Gasteiger partial charge in [-0.2, -0.15) is 5.10 Å². The van der Waals surface area contributed by atoms with Gasteiger partial charge in [0, 0.05) is 51.9 Å². The number of carbonyl (C=O) groups is 3. The van der Waals surface area contributed by atoms with E-state index in [1.54, 1.807) is 25.0 Å². The minimum atomic E-state index is -0.432. The average molecular weight is 590 g/mol. The van der Waals surface area contributed by atoms with Gasteiger partial charge < -0.3 is 29.3 Å². The molecule has 11 heteroatoms. The van der Waals surface area contributed by atoms with E-state index in [0.717, 1.165) is 16.8 Å². The van der Waals surface area contributed by atoms with Crippen LogP contribution in [0.5, 0.6) is 17.2 Å². The Labute approximate surface area is 251 Å². The van der Waals surface area contributed by atoms with Crippen molar-refractivity contribution in [2.24, 2.45) is 7.05 Å². The first-order valence-electron chi connectivity index (χ1n) is 14.6. The van der Waals surface area contributed by atoms with Crippen molar-refractivity contribution >= 4 is 17.7 Å². The van der Waals surface area contributed by atoms with Crippen LogP contribution in [0.4, 0.5) is 0 Å². The smallest absolute Gasteiger partial charge is 0.239 e. The first-order valence-corrected chi connectivity index (χ1v) is 14.6. The number of likely N-dealkylation sites (tertiary alicyclic amines) is 1. The van der Waals surface area contributed by atoms with Gasteiger partial charge in [0.1, 0.15) is 5.75 Å². The molecule has 43 heavy (non-hydrogen) atoms. The monoisotopic (exact) mass is 589 g/mol. The first kappa shape index (κ1) is 30.1. The maximum Gasteiger partial charge on any atom is 0.239 e. The van der Waals surface area contributed by atoms with E-state index < -0.39 is 6.10 Å². The maximum atomic E-state index is 13.2. The Morgan fingerprint density at radius 3 is 2.74 bits per heavy atom. The van der Waals surface area contributed by atoms with Crippen LogP contribution in [-0.4, -0.2) is 83.2 Å². The molecule has 0 spiro atoms. The van der Waals surface area contributed by atoms with Crippen molar-refractivity contribution in [1.82, 2.24) is 24.9 Å². The number of aromatic nitrogens is 2. The zero-order chi connectivity index (χ0) is 30.3. The van der Waals surface area contributed by atoms with E-state index in [2.05, 4.69) is 10.4 Å². The molecule has 3 aromatic rings. The lowest BCUT2D eigenvalue weighted by Gasteiger charge is -2.39. The number of rotatable bonds is 4. The van der Waals surface area contributed by atoms with Crippen molar-refractivity contribution in [2.45, 2.75) is 50.9 Å². The molecule has 2 aromatic carbocycles. The van der Waals surface area contributed by atoms with Crippen LogP contribution in [0.3, 0.4) is 0 Å². The predicted molar refractivity (Wildman–Crippen MR) is 159 cm³/mol. The number of benzene rings is 2. The lowest BCUT2D eigenvalue weighted by molar-refractivity contribution is -0.139. The second-order valence-corrected chi connectivity index (χ2v) is 11.1. The SMILES string of the molecule is COc1cc2ccc1Oc1cccc(c1)CO[C@H]1CN(C(=O)CCc3ccnn3C)CC[C@@H]1NC(=O)CN(C)C(=O)CC2. The molecule has 4 heterocycles. The van der Waals surface area contributed by atoms with E-state index in [1.165, 1.54) is 4.90 Å². The van der Waals surface area contributed by atoms with E-state index in [1.807, 2.05) is 60.5 Å². The van der Waals surface area contributed by atoms with Gasteiger partial charge >= 0.3 is 0 Å². The highest BCUT2D eigenvalue weighted by Gasteiger charge is 2.33. The van der Waals surface area contributed by atoms with Crippen LogP contribution < -0.4 is 14.8 Å².